The molecule has 0 aliphatic rings. The van der Waals surface area contributed by atoms with Crippen molar-refractivity contribution in [1.29, 1.82) is 0 Å². The Labute approximate surface area is 114 Å². The summed E-state index contributed by atoms with van der Waals surface area (Å²) in [6, 6.07) is 8.15. The molecule has 104 valence electrons. The van der Waals surface area contributed by atoms with Gasteiger partial charge in [0.15, 0.2) is 5.75 Å². The maximum atomic E-state index is 13.0. The smallest absolute Gasteiger partial charge is 0.343 e. The predicted octanol–water partition coefficient (Wildman–Crippen LogP) is 2.91. The third-order valence-corrected chi connectivity index (χ3v) is 2.61. The van der Waals surface area contributed by atoms with Crippen molar-refractivity contribution in [2.45, 2.75) is 0 Å². The summed E-state index contributed by atoms with van der Waals surface area (Å²) < 4.78 is 23.4. The van der Waals surface area contributed by atoms with Gasteiger partial charge in [-0.3, -0.25) is 0 Å². The molecule has 2 rings (SSSR count). The van der Waals surface area contributed by atoms with Gasteiger partial charge in [-0.2, -0.15) is 0 Å². The third-order valence-electron chi connectivity index (χ3n) is 2.61. The Bertz CT molecular complexity index is 658. The van der Waals surface area contributed by atoms with Gasteiger partial charge in [0.1, 0.15) is 22.9 Å². The first-order valence-corrected chi connectivity index (χ1v) is 5.66. The summed E-state index contributed by atoms with van der Waals surface area (Å²) in [5.41, 5.74) is 5.57. The van der Waals surface area contributed by atoms with E-state index in [9.17, 15) is 14.3 Å². The van der Waals surface area contributed by atoms with E-state index in [1.807, 2.05) is 0 Å². The van der Waals surface area contributed by atoms with Gasteiger partial charge in [-0.15, -0.1) is 0 Å². The summed E-state index contributed by atoms with van der Waals surface area (Å²) in [5, 5.41) is 9.22. The van der Waals surface area contributed by atoms with Gasteiger partial charge in [0.2, 0.25) is 0 Å². The number of carboxylic acids is 1. The van der Waals surface area contributed by atoms with Gasteiger partial charge in [-0.05, 0) is 24.3 Å². The van der Waals surface area contributed by atoms with E-state index in [1.54, 1.807) is 6.07 Å². The molecule has 0 spiro atoms. The average molecular weight is 277 g/mol. The van der Waals surface area contributed by atoms with E-state index in [0.717, 1.165) is 6.07 Å². The fourth-order valence-electron chi connectivity index (χ4n) is 1.71. The number of nitrogen functional groups attached to an aromatic ring is 1. The number of hydrogen-bond acceptors (Lipinski definition) is 4. The first-order valence-electron chi connectivity index (χ1n) is 5.66. The molecule has 20 heavy (non-hydrogen) atoms. The Balaban J connectivity index is 2.45. The second kappa shape index (κ2) is 5.48. The molecule has 0 amide bonds. The summed E-state index contributed by atoms with van der Waals surface area (Å²) in [4.78, 5) is 11.3. The van der Waals surface area contributed by atoms with Crippen LogP contribution in [-0.2, 0) is 0 Å². The molecule has 0 aliphatic carbocycles. The summed E-state index contributed by atoms with van der Waals surface area (Å²) in [7, 11) is 1.36. The standard InChI is InChI=1S/C14H12FNO4/c1-19-11-3-2-4-12(13(11)14(17)18)20-10-6-5-8(15)7-9(10)16/h2-7H,16H2,1H3,(H,17,18). The molecular formula is C14H12FNO4. The number of carboxylic acid groups (broad SMARTS) is 1. The van der Waals surface area contributed by atoms with Crippen LogP contribution in [0.3, 0.4) is 0 Å². The number of methoxy groups -OCH3 is 1. The SMILES string of the molecule is COc1cccc(Oc2ccc(F)cc2N)c1C(=O)O. The number of anilines is 1. The van der Waals surface area contributed by atoms with E-state index in [4.69, 9.17) is 15.2 Å². The number of benzene rings is 2. The quantitative estimate of drug-likeness (QED) is 0.840. The Morgan fingerprint density at radius 1 is 1.20 bits per heavy atom. The highest BCUT2D eigenvalue weighted by atomic mass is 19.1. The van der Waals surface area contributed by atoms with Crippen molar-refractivity contribution in [2.75, 3.05) is 12.8 Å². The first-order chi connectivity index (χ1) is 9.52. The Kier molecular flexibility index (Phi) is 3.74. The molecule has 0 unspecified atom stereocenters. The lowest BCUT2D eigenvalue weighted by atomic mass is 10.1. The monoisotopic (exact) mass is 277 g/mol. The summed E-state index contributed by atoms with van der Waals surface area (Å²) in [6.07, 6.45) is 0. The van der Waals surface area contributed by atoms with Crippen molar-refractivity contribution in [3.8, 4) is 17.2 Å². The second-order valence-electron chi connectivity index (χ2n) is 3.92. The van der Waals surface area contributed by atoms with E-state index in [0.29, 0.717) is 0 Å². The topological polar surface area (TPSA) is 81.8 Å². The van der Waals surface area contributed by atoms with Crippen LogP contribution in [0.15, 0.2) is 36.4 Å². The van der Waals surface area contributed by atoms with Crippen LogP contribution in [0.2, 0.25) is 0 Å². The molecule has 5 nitrogen and oxygen atoms in total. The van der Waals surface area contributed by atoms with E-state index in [2.05, 4.69) is 0 Å². The lowest BCUT2D eigenvalue weighted by Gasteiger charge is -2.13. The molecule has 0 fully saturated rings. The van der Waals surface area contributed by atoms with Crippen molar-refractivity contribution in [3.05, 3.63) is 47.8 Å². The molecule has 0 saturated heterocycles. The third kappa shape index (κ3) is 2.64. The van der Waals surface area contributed by atoms with Crippen LogP contribution in [-0.4, -0.2) is 18.2 Å². The molecule has 0 saturated carbocycles. The minimum atomic E-state index is -1.20. The van der Waals surface area contributed by atoms with E-state index in [-0.39, 0.29) is 28.5 Å². The van der Waals surface area contributed by atoms with Crippen LogP contribution in [0.25, 0.3) is 0 Å². The zero-order valence-electron chi connectivity index (χ0n) is 10.6. The molecular weight excluding hydrogens is 265 g/mol. The Morgan fingerprint density at radius 3 is 2.50 bits per heavy atom. The molecule has 2 aromatic rings. The molecule has 0 aromatic heterocycles. The van der Waals surface area contributed by atoms with Crippen LogP contribution in [0, 0.1) is 5.82 Å². The molecule has 0 bridgehead atoms. The highest BCUT2D eigenvalue weighted by Gasteiger charge is 2.18. The number of hydrogen-bond donors (Lipinski definition) is 2. The lowest BCUT2D eigenvalue weighted by Crippen LogP contribution is -2.04. The number of aromatic carboxylic acids is 1. The normalized spacial score (nSPS) is 10.1. The zero-order chi connectivity index (χ0) is 14.7. The minimum absolute atomic E-state index is 0.0650. The number of rotatable bonds is 4. The number of ether oxygens (including phenoxy) is 2. The predicted molar refractivity (Wildman–Crippen MR) is 70.8 cm³/mol. The largest absolute Gasteiger partial charge is 0.496 e. The second-order valence-corrected chi connectivity index (χ2v) is 3.92. The maximum Gasteiger partial charge on any atom is 0.343 e. The Morgan fingerprint density at radius 2 is 1.90 bits per heavy atom. The van der Waals surface area contributed by atoms with E-state index in [1.165, 1.54) is 31.4 Å². The highest BCUT2D eigenvalue weighted by molar-refractivity contribution is 5.94. The lowest BCUT2D eigenvalue weighted by molar-refractivity contribution is 0.0690. The van der Waals surface area contributed by atoms with Crippen LogP contribution in [0.1, 0.15) is 10.4 Å². The van der Waals surface area contributed by atoms with Gasteiger partial charge in [-0.25, -0.2) is 9.18 Å². The van der Waals surface area contributed by atoms with Crippen molar-refractivity contribution in [3.63, 3.8) is 0 Å². The molecule has 0 atom stereocenters. The van der Waals surface area contributed by atoms with Crippen LogP contribution in [0.4, 0.5) is 10.1 Å². The van der Waals surface area contributed by atoms with Gasteiger partial charge >= 0.3 is 5.97 Å². The minimum Gasteiger partial charge on any atom is -0.496 e. The fraction of sp³-hybridized carbons (Fsp3) is 0.0714. The number of nitrogens with two attached hydrogens (primary N) is 1. The van der Waals surface area contributed by atoms with Gasteiger partial charge < -0.3 is 20.3 Å². The van der Waals surface area contributed by atoms with Gasteiger partial charge in [-0.1, -0.05) is 6.07 Å². The average Bonchev–Trinajstić information content (AvgIpc) is 2.41. The van der Waals surface area contributed by atoms with Crippen molar-refractivity contribution < 1.29 is 23.8 Å². The Hall–Kier alpha value is -2.76. The molecule has 3 N–H and O–H groups in total. The van der Waals surface area contributed by atoms with Gasteiger partial charge in [0, 0.05) is 6.07 Å². The van der Waals surface area contributed by atoms with E-state index < -0.39 is 11.8 Å². The number of carbonyl (C=O) groups is 1. The van der Waals surface area contributed by atoms with Crippen molar-refractivity contribution in [1.82, 2.24) is 0 Å². The maximum absolute atomic E-state index is 13.0. The molecule has 2 aromatic carbocycles. The molecule has 0 heterocycles. The summed E-state index contributed by atoms with van der Waals surface area (Å²) in [5.74, 6) is -1.30. The van der Waals surface area contributed by atoms with Crippen molar-refractivity contribution >= 4 is 11.7 Å². The summed E-state index contributed by atoms with van der Waals surface area (Å²) in [6.45, 7) is 0. The van der Waals surface area contributed by atoms with Crippen molar-refractivity contribution in [2.24, 2.45) is 0 Å². The zero-order valence-corrected chi connectivity index (χ0v) is 10.6. The number of halogens is 1. The van der Waals surface area contributed by atoms with Crippen LogP contribution < -0.4 is 15.2 Å². The van der Waals surface area contributed by atoms with Gasteiger partial charge in [0.05, 0.1) is 12.8 Å². The summed E-state index contributed by atoms with van der Waals surface area (Å²) >= 11 is 0. The molecule has 0 radical (unpaired) electrons. The molecule has 6 heteroatoms. The fourth-order valence-corrected chi connectivity index (χ4v) is 1.71. The highest BCUT2D eigenvalue weighted by Crippen LogP contribution is 2.34. The van der Waals surface area contributed by atoms with Crippen LogP contribution >= 0.6 is 0 Å². The first kappa shape index (κ1) is 13.7. The van der Waals surface area contributed by atoms with Gasteiger partial charge in [0.25, 0.3) is 0 Å². The molecule has 0 aliphatic heterocycles. The van der Waals surface area contributed by atoms with E-state index >= 15 is 0 Å². The van der Waals surface area contributed by atoms with Crippen LogP contribution in [0.5, 0.6) is 17.2 Å².